The molecule has 0 amide bonds. The zero-order valence-corrected chi connectivity index (χ0v) is 14.3. The van der Waals surface area contributed by atoms with E-state index in [2.05, 4.69) is 0 Å². The van der Waals surface area contributed by atoms with Crippen LogP contribution in [0.1, 0.15) is 43.9 Å². The highest BCUT2D eigenvalue weighted by atomic mass is 16.5. The summed E-state index contributed by atoms with van der Waals surface area (Å²) in [7, 11) is 0. The van der Waals surface area contributed by atoms with Gasteiger partial charge < -0.3 is 30.3 Å². The first-order valence-corrected chi connectivity index (χ1v) is 8.02. The monoisotopic (exact) mass is 346 g/mol. The second-order valence-corrected chi connectivity index (χ2v) is 7.50. The standard InChI is InChI=1S/C19H22O6/c1-19(2,3)16-15-13(23)7-10(20)8-14(15)25-18(17(16)24)9-4-5-11(21)12(22)6-9/h4-8,16-18,20-24H,1-3H3. The fourth-order valence-corrected chi connectivity index (χ4v) is 3.49. The van der Waals surface area contributed by atoms with Crippen LogP contribution >= 0.6 is 0 Å². The minimum atomic E-state index is -1.01. The van der Waals surface area contributed by atoms with Crippen LogP contribution in [0, 0.1) is 5.41 Å². The lowest BCUT2D eigenvalue weighted by Gasteiger charge is -2.43. The summed E-state index contributed by atoms with van der Waals surface area (Å²) in [6.45, 7) is 5.81. The summed E-state index contributed by atoms with van der Waals surface area (Å²) in [5, 5.41) is 50.3. The molecule has 25 heavy (non-hydrogen) atoms. The van der Waals surface area contributed by atoms with E-state index in [9.17, 15) is 25.5 Å². The molecule has 134 valence electrons. The third kappa shape index (κ3) is 2.93. The predicted molar refractivity (Wildman–Crippen MR) is 91.1 cm³/mol. The van der Waals surface area contributed by atoms with Gasteiger partial charge >= 0.3 is 0 Å². The topological polar surface area (TPSA) is 110 Å². The highest BCUT2D eigenvalue weighted by Crippen LogP contribution is 2.54. The normalized spacial score (nSPS) is 23.0. The Morgan fingerprint density at radius 3 is 2.16 bits per heavy atom. The highest BCUT2D eigenvalue weighted by molar-refractivity contribution is 5.54. The Kier molecular flexibility index (Phi) is 3.95. The molecule has 1 aliphatic rings. The molecule has 2 aromatic rings. The number of benzene rings is 2. The maximum atomic E-state index is 11.0. The Hall–Kier alpha value is -2.60. The Balaban J connectivity index is 2.16. The maximum Gasteiger partial charge on any atom is 0.157 e. The average Bonchev–Trinajstić information content (AvgIpc) is 2.49. The zero-order valence-electron chi connectivity index (χ0n) is 14.3. The van der Waals surface area contributed by atoms with Gasteiger partial charge in [-0.1, -0.05) is 26.8 Å². The maximum absolute atomic E-state index is 11.0. The van der Waals surface area contributed by atoms with Crippen molar-refractivity contribution in [3.05, 3.63) is 41.5 Å². The summed E-state index contributed by atoms with van der Waals surface area (Å²) in [5.41, 5.74) is 0.506. The number of aliphatic hydroxyl groups excluding tert-OH is 1. The molecule has 0 saturated heterocycles. The van der Waals surface area contributed by atoms with E-state index in [-0.39, 0.29) is 28.7 Å². The summed E-state index contributed by atoms with van der Waals surface area (Å²) < 4.78 is 5.85. The van der Waals surface area contributed by atoms with Gasteiger partial charge in [0.25, 0.3) is 0 Å². The number of ether oxygens (including phenoxy) is 1. The van der Waals surface area contributed by atoms with E-state index in [1.807, 2.05) is 20.8 Å². The number of aromatic hydroxyl groups is 4. The Labute approximate surface area is 145 Å². The van der Waals surface area contributed by atoms with Gasteiger partial charge in [0.1, 0.15) is 23.4 Å². The quantitative estimate of drug-likeness (QED) is 0.507. The van der Waals surface area contributed by atoms with Crippen LogP contribution in [-0.2, 0) is 0 Å². The molecule has 0 aromatic heterocycles. The molecule has 0 radical (unpaired) electrons. The third-order valence-electron chi connectivity index (χ3n) is 4.58. The molecule has 0 bridgehead atoms. The number of hydrogen-bond acceptors (Lipinski definition) is 6. The highest BCUT2D eigenvalue weighted by Gasteiger charge is 2.45. The van der Waals surface area contributed by atoms with Gasteiger partial charge in [0.2, 0.25) is 0 Å². The van der Waals surface area contributed by atoms with E-state index in [4.69, 9.17) is 4.74 Å². The van der Waals surface area contributed by atoms with Crippen LogP contribution < -0.4 is 4.74 Å². The number of hydrogen-bond donors (Lipinski definition) is 5. The van der Waals surface area contributed by atoms with Crippen molar-refractivity contribution in [1.82, 2.24) is 0 Å². The van der Waals surface area contributed by atoms with E-state index < -0.39 is 23.5 Å². The van der Waals surface area contributed by atoms with Gasteiger partial charge in [-0.05, 0) is 23.1 Å². The molecule has 0 saturated carbocycles. The van der Waals surface area contributed by atoms with E-state index in [1.165, 1.54) is 24.3 Å². The van der Waals surface area contributed by atoms with Gasteiger partial charge in [-0.3, -0.25) is 0 Å². The van der Waals surface area contributed by atoms with Crippen molar-refractivity contribution in [2.24, 2.45) is 5.41 Å². The first kappa shape index (κ1) is 17.2. The van der Waals surface area contributed by atoms with Gasteiger partial charge in [-0.15, -0.1) is 0 Å². The van der Waals surface area contributed by atoms with Crippen LogP contribution in [0.15, 0.2) is 30.3 Å². The smallest absolute Gasteiger partial charge is 0.157 e. The van der Waals surface area contributed by atoms with E-state index in [0.29, 0.717) is 11.1 Å². The zero-order chi connectivity index (χ0) is 18.5. The van der Waals surface area contributed by atoms with Gasteiger partial charge in [0.15, 0.2) is 17.6 Å². The number of rotatable bonds is 1. The number of phenols is 4. The molecule has 0 spiro atoms. The van der Waals surface area contributed by atoms with Crippen LogP contribution in [-0.4, -0.2) is 31.6 Å². The summed E-state index contributed by atoms with van der Waals surface area (Å²) >= 11 is 0. The van der Waals surface area contributed by atoms with Crippen molar-refractivity contribution in [2.45, 2.75) is 38.9 Å². The number of aliphatic hydroxyl groups is 1. The molecule has 0 aliphatic carbocycles. The minimum absolute atomic E-state index is 0.138. The fraction of sp³-hybridized carbons (Fsp3) is 0.368. The van der Waals surface area contributed by atoms with Gasteiger partial charge in [-0.25, -0.2) is 0 Å². The van der Waals surface area contributed by atoms with E-state index in [1.54, 1.807) is 6.07 Å². The molecule has 6 nitrogen and oxygen atoms in total. The molecule has 6 heteroatoms. The van der Waals surface area contributed by atoms with Crippen LogP contribution in [0.3, 0.4) is 0 Å². The van der Waals surface area contributed by atoms with Crippen LogP contribution in [0.2, 0.25) is 0 Å². The molecule has 2 aromatic carbocycles. The largest absolute Gasteiger partial charge is 0.508 e. The molecule has 1 heterocycles. The Morgan fingerprint density at radius 1 is 0.880 bits per heavy atom. The van der Waals surface area contributed by atoms with Crippen LogP contribution in [0.4, 0.5) is 0 Å². The van der Waals surface area contributed by atoms with Crippen molar-refractivity contribution in [1.29, 1.82) is 0 Å². The second kappa shape index (κ2) is 5.74. The molecular weight excluding hydrogens is 324 g/mol. The molecular formula is C19H22O6. The molecule has 0 fully saturated rings. The van der Waals surface area contributed by atoms with E-state index in [0.717, 1.165) is 0 Å². The lowest BCUT2D eigenvalue weighted by Crippen LogP contribution is -2.40. The fourth-order valence-electron chi connectivity index (χ4n) is 3.49. The summed E-state index contributed by atoms with van der Waals surface area (Å²) in [6.07, 6.45) is -1.84. The molecule has 5 N–H and O–H groups in total. The van der Waals surface area contributed by atoms with Crippen molar-refractivity contribution < 1.29 is 30.3 Å². The Bertz CT molecular complexity index is 808. The summed E-state index contributed by atoms with van der Waals surface area (Å²) in [5.74, 6) is -1.06. The summed E-state index contributed by atoms with van der Waals surface area (Å²) in [6, 6.07) is 6.82. The first-order chi connectivity index (χ1) is 11.6. The molecule has 3 atom stereocenters. The van der Waals surface area contributed by atoms with Gasteiger partial charge in [0.05, 0.1) is 0 Å². The number of fused-ring (bicyclic) bond motifs is 1. The second-order valence-electron chi connectivity index (χ2n) is 7.50. The lowest BCUT2D eigenvalue weighted by atomic mass is 9.69. The van der Waals surface area contributed by atoms with Crippen molar-refractivity contribution in [2.75, 3.05) is 0 Å². The van der Waals surface area contributed by atoms with Crippen LogP contribution in [0.25, 0.3) is 0 Å². The third-order valence-corrected chi connectivity index (χ3v) is 4.58. The predicted octanol–water partition coefficient (Wildman–Crippen LogP) is 3.13. The molecule has 3 rings (SSSR count). The van der Waals surface area contributed by atoms with Crippen LogP contribution in [0.5, 0.6) is 28.7 Å². The van der Waals surface area contributed by atoms with Crippen molar-refractivity contribution in [3.8, 4) is 28.7 Å². The first-order valence-electron chi connectivity index (χ1n) is 8.02. The SMILES string of the molecule is CC(C)(C)C1c2c(O)cc(O)cc2OC(c2ccc(O)c(O)c2)C1O. The van der Waals surface area contributed by atoms with Gasteiger partial charge in [0, 0.05) is 23.6 Å². The lowest BCUT2D eigenvalue weighted by molar-refractivity contribution is -0.0284. The minimum Gasteiger partial charge on any atom is -0.508 e. The van der Waals surface area contributed by atoms with Gasteiger partial charge in [-0.2, -0.15) is 0 Å². The number of phenolic OH excluding ortho intramolecular Hbond substituents is 4. The molecule has 1 aliphatic heterocycles. The van der Waals surface area contributed by atoms with E-state index >= 15 is 0 Å². The van der Waals surface area contributed by atoms with Crippen molar-refractivity contribution in [3.63, 3.8) is 0 Å². The van der Waals surface area contributed by atoms with Crippen molar-refractivity contribution >= 4 is 0 Å². The Morgan fingerprint density at radius 2 is 1.56 bits per heavy atom. The average molecular weight is 346 g/mol. The summed E-state index contributed by atoms with van der Waals surface area (Å²) in [4.78, 5) is 0. The molecule has 3 unspecified atom stereocenters.